The lowest BCUT2D eigenvalue weighted by Crippen LogP contribution is -2.48. The Morgan fingerprint density at radius 2 is 2.05 bits per heavy atom. The third-order valence-electron chi connectivity index (χ3n) is 3.31. The molecule has 0 heterocycles. The van der Waals surface area contributed by atoms with Gasteiger partial charge in [-0.1, -0.05) is 6.92 Å². The number of nitrogens with two attached hydrogens (primary N) is 1. The van der Waals surface area contributed by atoms with Gasteiger partial charge in [0.2, 0.25) is 5.91 Å². The Balaban J connectivity index is 2.38. The Morgan fingerprint density at radius 1 is 1.37 bits per heavy atom. The Morgan fingerprint density at radius 3 is 2.53 bits per heavy atom. The molecule has 7 nitrogen and oxygen atoms in total. The third-order valence-corrected chi connectivity index (χ3v) is 3.31. The monoisotopic (exact) mass is 271 g/mol. The van der Waals surface area contributed by atoms with Gasteiger partial charge in [0.25, 0.3) is 0 Å². The Hall–Kier alpha value is -1.79. The highest BCUT2D eigenvalue weighted by molar-refractivity contribution is 5.83. The fraction of sp³-hybridized carbons (Fsp3) is 0.750. The molecule has 2 unspecified atom stereocenters. The van der Waals surface area contributed by atoms with Gasteiger partial charge in [0.1, 0.15) is 6.04 Å². The number of urea groups is 1. The summed E-state index contributed by atoms with van der Waals surface area (Å²) in [4.78, 5) is 33.2. The van der Waals surface area contributed by atoms with Crippen molar-refractivity contribution in [3.05, 3.63) is 0 Å². The minimum Gasteiger partial charge on any atom is -0.480 e. The number of hydrogen-bond acceptors (Lipinski definition) is 3. The first kappa shape index (κ1) is 15.3. The second kappa shape index (κ2) is 6.96. The van der Waals surface area contributed by atoms with Crippen molar-refractivity contribution in [1.82, 2.24) is 10.6 Å². The van der Waals surface area contributed by atoms with Crippen LogP contribution in [0.2, 0.25) is 0 Å². The molecule has 108 valence electrons. The van der Waals surface area contributed by atoms with Crippen molar-refractivity contribution in [1.29, 1.82) is 0 Å². The summed E-state index contributed by atoms with van der Waals surface area (Å²) in [5.74, 6) is -1.18. The Bertz CT molecular complexity index is 359. The highest BCUT2D eigenvalue weighted by atomic mass is 16.4. The van der Waals surface area contributed by atoms with Crippen LogP contribution < -0.4 is 16.4 Å². The molecule has 0 aliphatic heterocycles. The summed E-state index contributed by atoms with van der Waals surface area (Å²) in [5.41, 5.74) is 4.96. The molecule has 1 saturated carbocycles. The van der Waals surface area contributed by atoms with Crippen molar-refractivity contribution in [2.75, 3.05) is 0 Å². The van der Waals surface area contributed by atoms with E-state index in [9.17, 15) is 14.4 Å². The van der Waals surface area contributed by atoms with E-state index in [1.54, 1.807) is 0 Å². The van der Waals surface area contributed by atoms with Gasteiger partial charge in [-0.2, -0.15) is 0 Å². The summed E-state index contributed by atoms with van der Waals surface area (Å²) in [5, 5.41) is 14.1. The minimum absolute atomic E-state index is 0.000837. The quantitative estimate of drug-likeness (QED) is 0.551. The van der Waals surface area contributed by atoms with Crippen LogP contribution in [0.15, 0.2) is 0 Å². The fourth-order valence-electron chi connectivity index (χ4n) is 2.27. The third kappa shape index (κ3) is 5.58. The maximum absolute atomic E-state index is 11.7. The van der Waals surface area contributed by atoms with Gasteiger partial charge in [-0.25, -0.2) is 9.59 Å². The Kier molecular flexibility index (Phi) is 5.59. The van der Waals surface area contributed by atoms with Gasteiger partial charge in [0, 0.05) is 12.5 Å². The number of hydrogen-bond donors (Lipinski definition) is 4. The summed E-state index contributed by atoms with van der Waals surface area (Å²) >= 11 is 0. The van der Waals surface area contributed by atoms with Crippen LogP contribution >= 0.6 is 0 Å². The summed E-state index contributed by atoms with van der Waals surface area (Å²) in [6.07, 6.45) is 2.81. The summed E-state index contributed by atoms with van der Waals surface area (Å²) < 4.78 is 0. The van der Waals surface area contributed by atoms with Crippen LogP contribution in [0, 0.1) is 5.92 Å². The molecule has 3 amide bonds. The lowest BCUT2D eigenvalue weighted by molar-refractivity contribution is -0.139. The zero-order valence-electron chi connectivity index (χ0n) is 11.0. The molecular weight excluding hydrogens is 250 g/mol. The first-order valence-corrected chi connectivity index (χ1v) is 6.46. The molecule has 7 heteroatoms. The number of aliphatic carboxylic acids is 1. The molecule has 19 heavy (non-hydrogen) atoms. The molecule has 1 rings (SSSR count). The normalized spacial score (nSPS) is 23.6. The standard InChI is InChI=1S/C12H21N3O4/c1-7-2-3-8(6-7)14-12(19)15-9(11(17)18)4-5-10(13)16/h7-9H,2-6H2,1H3,(H2,13,16)(H,17,18)(H2,14,15,19)/t7?,8?,9-/m0/s1. The molecule has 1 aliphatic carbocycles. The molecule has 5 N–H and O–H groups in total. The van der Waals surface area contributed by atoms with Crippen LogP contribution in [0.1, 0.15) is 39.0 Å². The average molecular weight is 271 g/mol. The number of carbonyl (C=O) groups excluding carboxylic acids is 2. The van der Waals surface area contributed by atoms with E-state index in [4.69, 9.17) is 10.8 Å². The van der Waals surface area contributed by atoms with Gasteiger partial charge in [-0.15, -0.1) is 0 Å². The molecule has 3 atom stereocenters. The molecule has 0 radical (unpaired) electrons. The van der Waals surface area contributed by atoms with Crippen LogP contribution in [0.3, 0.4) is 0 Å². The van der Waals surface area contributed by atoms with Crippen molar-refractivity contribution in [3.63, 3.8) is 0 Å². The van der Waals surface area contributed by atoms with Crippen LogP contribution in [0.5, 0.6) is 0 Å². The second-order valence-corrected chi connectivity index (χ2v) is 5.13. The summed E-state index contributed by atoms with van der Waals surface area (Å²) in [6.45, 7) is 2.12. The van der Waals surface area contributed by atoms with Gasteiger partial charge in [0.15, 0.2) is 0 Å². The smallest absolute Gasteiger partial charge is 0.326 e. The van der Waals surface area contributed by atoms with E-state index >= 15 is 0 Å². The topological polar surface area (TPSA) is 122 Å². The SMILES string of the molecule is CC1CCC(NC(=O)N[C@@H](CCC(N)=O)C(=O)O)C1. The van der Waals surface area contributed by atoms with Crippen LogP contribution in [0.25, 0.3) is 0 Å². The minimum atomic E-state index is -1.17. The molecule has 0 spiro atoms. The lowest BCUT2D eigenvalue weighted by atomic mass is 10.1. The van der Waals surface area contributed by atoms with E-state index in [0.717, 1.165) is 19.3 Å². The average Bonchev–Trinajstić information content (AvgIpc) is 2.69. The lowest BCUT2D eigenvalue weighted by Gasteiger charge is -2.17. The Labute approximate surface area is 111 Å². The van der Waals surface area contributed by atoms with Gasteiger partial charge < -0.3 is 21.5 Å². The molecule has 0 bridgehead atoms. The molecule has 0 aromatic heterocycles. The molecule has 0 aromatic rings. The maximum Gasteiger partial charge on any atom is 0.326 e. The van der Waals surface area contributed by atoms with Gasteiger partial charge in [0.05, 0.1) is 0 Å². The van der Waals surface area contributed by atoms with Gasteiger partial charge in [-0.3, -0.25) is 4.79 Å². The van der Waals surface area contributed by atoms with E-state index in [1.165, 1.54) is 0 Å². The van der Waals surface area contributed by atoms with Crippen molar-refractivity contribution in [2.24, 2.45) is 11.7 Å². The zero-order chi connectivity index (χ0) is 14.4. The number of carboxylic acids is 1. The van der Waals surface area contributed by atoms with Crippen molar-refractivity contribution < 1.29 is 19.5 Å². The van der Waals surface area contributed by atoms with Crippen LogP contribution in [-0.4, -0.2) is 35.1 Å². The van der Waals surface area contributed by atoms with E-state index in [2.05, 4.69) is 17.6 Å². The summed E-state index contributed by atoms with van der Waals surface area (Å²) in [7, 11) is 0. The van der Waals surface area contributed by atoms with Gasteiger partial charge >= 0.3 is 12.0 Å². The number of nitrogens with one attached hydrogen (secondary N) is 2. The molecular formula is C12H21N3O4. The largest absolute Gasteiger partial charge is 0.480 e. The molecule has 0 saturated heterocycles. The first-order chi connectivity index (χ1) is 8.88. The predicted molar refractivity (Wildman–Crippen MR) is 68.3 cm³/mol. The zero-order valence-corrected chi connectivity index (χ0v) is 11.0. The highest BCUT2D eigenvalue weighted by Gasteiger charge is 2.25. The molecule has 1 aliphatic rings. The number of primary amides is 1. The highest BCUT2D eigenvalue weighted by Crippen LogP contribution is 2.24. The maximum atomic E-state index is 11.7. The van der Waals surface area contributed by atoms with Crippen LogP contribution in [-0.2, 0) is 9.59 Å². The van der Waals surface area contributed by atoms with Crippen molar-refractivity contribution >= 4 is 17.9 Å². The predicted octanol–water partition coefficient (Wildman–Crippen LogP) is 0.193. The van der Waals surface area contributed by atoms with E-state index < -0.39 is 23.9 Å². The van der Waals surface area contributed by atoms with Crippen molar-refractivity contribution in [2.45, 2.75) is 51.1 Å². The van der Waals surface area contributed by atoms with Gasteiger partial charge in [-0.05, 0) is 31.6 Å². The molecule has 0 aromatic carbocycles. The second-order valence-electron chi connectivity index (χ2n) is 5.13. The van der Waals surface area contributed by atoms with Crippen LogP contribution in [0.4, 0.5) is 4.79 Å². The number of carbonyl (C=O) groups is 3. The molecule has 1 fully saturated rings. The number of rotatable bonds is 6. The number of carboxylic acid groups (broad SMARTS) is 1. The van der Waals surface area contributed by atoms with E-state index in [-0.39, 0.29) is 18.9 Å². The van der Waals surface area contributed by atoms with Crippen molar-refractivity contribution in [3.8, 4) is 0 Å². The number of amides is 3. The fourth-order valence-corrected chi connectivity index (χ4v) is 2.27. The van der Waals surface area contributed by atoms with E-state index in [1.807, 2.05) is 0 Å². The van der Waals surface area contributed by atoms with E-state index in [0.29, 0.717) is 5.92 Å². The first-order valence-electron chi connectivity index (χ1n) is 6.46. The summed E-state index contributed by atoms with van der Waals surface area (Å²) in [6, 6.07) is -1.50.